The van der Waals surface area contributed by atoms with E-state index in [0.717, 1.165) is 0 Å². The molecule has 0 radical (unpaired) electrons. The summed E-state index contributed by atoms with van der Waals surface area (Å²) in [6.07, 6.45) is 4.06. The van der Waals surface area contributed by atoms with E-state index in [-0.39, 0.29) is 23.6 Å². The molecule has 10 heteroatoms. The Balaban J connectivity index is 2.30. The Kier molecular flexibility index (Phi) is 8.06. The predicted octanol–water partition coefficient (Wildman–Crippen LogP) is 2.61. The lowest BCUT2D eigenvalue weighted by atomic mass is 10.2. The summed E-state index contributed by atoms with van der Waals surface area (Å²) in [4.78, 5) is 38.9. The number of nitrogens with one attached hydrogen (secondary N) is 2. The van der Waals surface area contributed by atoms with Gasteiger partial charge in [0.25, 0.3) is 5.69 Å². The van der Waals surface area contributed by atoms with Crippen LogP contribution in [0, 0.1) is 10.1 Å². The van der Waals surface area contributed by atoms with Gasteiger partial charge in [0.15, 0.2) is 0 Å². The molecular formula is C20H20N4O6. The highest BCUT2D eigenvalue weighted by atomic mass is 16.6. The van der Waals surface area contributed by atoms with E-state index < -0.39 is 16.9 Å². The first-order valence-corrected chi connectivity index (χ1v) is 8.81. The molecule has 2 rings (SSSR count). The average molecular weight is 412 g/mol. The number of non-ortho nitro benzene ring substituents is 1. The largest absolute Gasteiger partial charge is 0.464 e. The van der Waals surface area contributed by atoms with E-state index >= 15 is 0 Å². The van der Waals surface area contributed by atoms with E-state index in [0.29, 0.717) is 11.4 Å². The number of rotatable bonds is 9. The highest BCUT2D eigenvalue weighted by Crippen LogP contribution is 2.17. The molecule has 1 heterocycles. The standard InChI is InChI=1S/C20H20N4O6/c1-3-30-19(25)16(17-9-4-5-10-21-17)12-23-18(20(26)29-2)13-22-14-7-6-8-15(11-14)24(27)28/h4-13,22-23H,3H2,1-2H3/b16-12+,18-13-. The molecule has 10 nitrogen and oxygen atoms in total. The molecule has 0 fully saturated rings. The van der Waals surface area contributed by atoms with Crippen molar-refractivity contribution in [3.63, 3.8) is 0 Å². The Labute approximate surface area is 172 Å². The molecule has 0 aliphatic heterocycles. The van der Waals surface area contributed by atoms with Gasteiger partial charge in [-0.15, -0.1) is 0 Å². The fraction of sp³-hybridized carbons (Fsp3) is 0.150. The summed E-state index contributed by atoms with van der Waals surface area (Å²) < 4.78 is 9.77. The van der Waals surface area contributed by atoms with Gasteiger partial charge in [0.2, 0.25) is 0 Å². The molecule has 0 spiro atoms. The third kappa shape index (κ3) is 6.16. The van der Waals surface area contributed by atoms with Crippen LogP contribution in [0.3, 0.4) is 0 Å². The summed E-state index contributed by atoms with van der Waals surface area (Å²) in [5.41, 5.74) is 0.663. The fourth-order valence-corrected chi connectivity index (χ4v) is 2.25. The molecule has 1 aromatic carbocycles. The minimum atomic E-state index is -0.728. The van der Waals surface area contributed by atoms with E-state index in [1.165, 1.54) is 43.9 Å². The quantitative estimate of drug-likeness (QED) is 0.276. The van der Waals surface area contributed by atoms with E-state index in [2.05, 4.69) is 15.6 Å². The zero-order valence-corrected chi connectivity index (χ0v) is 16.3. The summed E-state index contributed by atoms with van der Waals surface area (Å²) in [6, 6.07) is 10.8. The predicted molar refractivity (Wildman–Crippen MR) is 109 cm³/mol. The molecule has 1 aromatic heterocycles. The summed E-state index contributed by atoms with van der Waals surface area (Å²) >= 11 is 0. The van der Waals surface area contributed by atoms with Gasteiger partial charge in [-0.3, -0.25) is 15.1 Å². The number of benzene rings is 1. The Hall–Kier alpha value is -4.21. The molecule has 0 saturated carbocycles. The number of nitro groups is 1. The normalized spacial score (nSPS) is 11.4. The first kappa shape index (κ1) is 22.1. The zero-order chi connectivity index (χ0) is 21.9. The number of hydrogen-bond donors (Lipinski definition) is 2. The molecular weight excluding hydrogens is 392 g/mol. The van der Waals surface area contributed by atoms with Crippen molar-refractivity contribution in [3.8, 4) is 0 Å². The summed E-state index contributed by atoms with van der Waals surface area (Å²) in [7, 11) is 1.19. The number of pyridine rings is 1. The number of ether oxygens (including phenoxy) is 2. The van der Waals surface area contributed by atoms with Crippen LogP contribution in [-0.4, -0.2) is 35.6 Å². The molecule has 0 unspecified atom stereocenters. The number of hydrogen-bond acceptors (Lipinski definition) is 9. The highest BCUT2D eigenvalue weighted by Gasteiger charge is 2.16. The summed E-state index contributed by atoms with van der Waals surface area (Å²) in [5.74, 6) is -1.35. The van der Waals surface area contributed by atoms with Crippen molar-refractivity contribution in [2.24, 2.45) is 0 Å². The van der Waals surface area contributed by atoms with Crippen molar-refractivity contribution in [2.75, 3.05) is 19.0 Å². The maximum absolute atomic E-state index is 12.3. The topological polar surface area (TPSA) is 133 Å². The van der Waals surface area contributed by atoms with Gasteiger partial charge < -0.3 is 20.1 Å². The van der Waals surface area contributed by atoms with Crippen LogP contribution in [-0.2, 0) is 19.1 Å². The second-order valence-electron chi connectivity index (χ2n) is 5.64. The van der Waals surface area contributed by atoms with E-state index in [1.807, 2.05) is 0 Å². The number of carbonyl (C=O) groups is 2. The van der Waals surface area contributed by atoms with E-state index in [1.54, 1.807) is 31.2 Å². The highest BCUT2D eigenvalue weighted by molar-refractivity contribution is 6.15. The Morgan fingerprint density at radius 2 is 1.97 bits per heavy atom. The summed E-state index contributed by atoms with van der Waals surface area (Å²) in [6.45, 7) is 1.83. The minimum Gasteiger partial charge on any atom is -0.464 e. The maximum Gasteiger partial charge on any atom is 0.355 e. The number of aromatic nitrogens is 1. The van der Waals surface area contributed by atoms with Crippen molar-refractivity contribution in [3.05, 3.63) is 82.6 Å². The molecule has 2 aromatic rings. The first-order valence-electron chi connectivity index (χ1n) is 8.81. The van der Waals surface area contributed by atoms with Crippen LogP contribution in [0.15, 0.2) is 66.8 Å². The van der Waals surface area contributed by atoms with Crippen molar-refractivity contribution in [1.82, 2.24) is 10.3 Å². The monoisotopic (exact) mass is 412 g/mol. The lowest BCUT2D eigenvalue weighted by Gasteiger charge is -2.10. The van der Waals surface area contributed by atoms with Crippen LogP contribution in [0.2, 0.25) is 0 Å². The van der Waals surface area contributed by atoms with Gasteiger partial charge in [-0.2, -0.15) is 0 Å². The third-order valence-electron chi connectivity index (χ3n) is 3.65. The first-order chi connectivity index (χ1) is 14.5. The SMILES string of the molecule is CCOC(=O)/C(=C/N/C(=C\Nc1cccc([N+](=O)[O-])c1)C(=O)OC)c1ccccn1. The second-order valence-corrected chi connectivity index (χ2v) is 5.64. The molecule has 0 saturated heterocycles. The summed E-state index contributed by atoms with van der Waals surface area (Å²) in [5, 5.41) is 16.4. The molecule has 0 atom stereocenters. The van der Waals surface area contributed by atoms with Gasteiger partial charge in [-0.1, -0.05) is 12.1 Å². The molecule has 0 aliphatic carbocycles. The Morgan fingerprint density at radius 3 is 2.60 bits per heavy atom. The average Bonchev–Trinajstić information content (AvgIpc) is 2.76. The van der Waals surface area contributed by atoms with Crippen molar-refractivity contribution >= 4 is 28.9 Å². The van der Waals surface area contributed by atoms with Gasteiger partial charge in [0, 0.05) is 36.4 Å². The molecule has 0 amide bonds. The number of nitro benzene ring substituents is 1. The smallest absolute Gasteiger partial charge is 0.355 e. The number of carbonyl (C=O) groups excluding carboxylic acids is 2. The Bertz CT molecular complexity index is 972. The second kappa shape index (κ2) is 11.0. The van der Waals surface area contributed by atoms with Gasteiger partial charge in [-0.05, 0) is 25.1 Å². The third-order valence-corrected chi connectivity index (χ3v) is 3.65. The lowest BCUT2D eigenvalue weighted by Crippen LogP contribution is -2.20. The van der Waals surface area contributed by atoms with Crippen LogP contribution in [0.25, 0.3) is 5.57 Å². The van der Waals surface area contributed by atoms with E-state index in [9.17, 15) is 19.7 Å². The molecule has 0 bridgehead atoms. The van der Waals surface area contributed by atoms with Crippen LogP contribution in [0.5, 0.6) is 0 Å². The van der Waals surface area contributed by atoms with Crippen LogP contribution in [0.1, 0.15) is 12.6 Å². The Morgan fingerprint density at radius 1 is 1.17 bits per heavy atom. The van der Waals surface area contributed by atoms with Gasteiger partial charge in [-0.25, -0.2) is 9.59 Å². The van der Waals surface area contributed by atoms with Crippen LogP contribution < -0.4 is 10.6 Å². The molecule has 2 N–H and O–H groups in total. The minimum absolute atomic E-state index is 0.0539. The van der Waals surface area contributed by atoms with Gasteiger partial charge >= 0.3 is 11.9 Å². The van der Waals surface area contributed by atoms with Crippen molar-refractivity contribution in [2.45, 2.75) is 6.92 Å². The van der Waals surface area contributed by atoms with E-state index in [4.69, 9.17) is 9.47 Å². The molecule has 0 aliphatic rings. The van der Waals surface area contributed by atoms with Crippen LogP contribution >= 0.6 is 0 Å². The maximum atomic E-state index is 12.3. The lowest BCUT2D eigenvalue weighted by molar-refractivity contribution is -0.384. The molecule has 156 valence electrons. The molecule has 30 heavy (non-hydrogen) atoms. The van der Waals surface area contributed by atoms with Gasteiger partial charge in [0.1, 0.15) is 11.3 Å². The number of methoxy groups -OCH3 is 1. The zero-order valence-electron chi connectivity index (χ0n) is 16.3. The van der Waals surface area contributed by atoms with Crippen LogP contribution in [0.4, 0.5) is 11.4 Å². The fourth-order valence-electron chi connectivity index (χ4n) is 2.25. The number of esters is 2. The van der Waals surface area contributed by atoms with Crippen molar-refractivity contribution in [1.29, 1.82) is 0 Å². The van der Waals surface area contributed by atoms with Crippen molar-refractivity contribution < 1.29 is 24.0 Å². The number of anilines is 1. The number of nitrogens with zero attached hydrogens (tertiary/aromatic N) is 2. The van der Waals surface area contributed by atoms with Gasteiger partial charge in [0.05, 0.1) is 24.3 Å².